The van der Waals surface area contributed by atoms with Crippen LogP contribution >= 0.6 is 11.3 Å². The molecule has 0 amide bonds. The van der Waals surface area contributed by atoms with Gasteiger partial charge in [0.1, 0.15) is 0 Å². The van der Waals surface area contributed by atoms with Gasteiger partial charge in [0.2, 0.25) is 0 Å². The highest BCUT2D eigenvalue weighted by Gasteiger charge is 2.60. The van der Waals surface area contributed by atoms with Crippen LogP contribution in [0.2, 0.25) is 0 Å². The number of fused-ring (bicyclic) bond motifs is 13. The lowest BCUT2D eigenvalue weighted by atomic mass is 9.33. The van der Waals surface area contributed by atoms with Crippen molar-refractivity contribution in [1.82, 2.24) is 0 Å². The van der Waals surface area contributed by atoms with Gasteiger partial charge in [0.05, 0.1) is 27.2 Å². The Labute approximate surface area is 537 Å². The molecule has 4 unspecified atom stereocenters. The normalized spacial score (nSPS) is 22.3. The molecule has 446 valence electrons. The molecule has 2 aliphatic carbocycles. The highest BCUT2D eigenvalue weighted by molar-refractivity contribution is 7.26. The summed E-state index contributed by atoms with van der Waals surface area (Å²) in [5, 5.41) is 2.62. The van der Waals surface area contributed by atoms with Gasteiger partial charge in [-0.25, -0.2) is 0 Å². The Morgan fingerprint density at radius 2 is 0.922 bits per heavy atom. The summed E-state index contributed by atoms with van der Waals surface area (Å²) in [6.45, 7) is 24.5. The van der Waals surface area contributed by atoms with E-state index in [1.807, 2.05) is 11.3 Å². The maximum atomic E-state index is 2.84. The standard InChI is InChI=1S/C84H81BN4S/c1-79(2,3)57-37-42-68(63(49-57)55-28-15-12-16-29-55)86-71-43-38-58(80(4,5)6)50-67(71)85-66-40-39-59(88-70-41-36-56(54-26-13-11-14-27-54)48-65(70)82(8)45-22-24-47-84(82,88)10)51-73(66)87(72-34-25-31-62-61-30-17-20-35-76(61)90-78(62)72)75-53-60(52-74(86)77(75)85)89-69-33-19-18-32-64(69)81(7)44-21-23-46-83(81,89)9/h11-20,25-43,48-53H,21-24,44-47H2,1-10H3. The summed E-state index contributed by atoms with van der Waals surface area (Å²) in [5.41, 5.74) is 26.7. The van der Waals surface area contributed by atoms with E-state index in [1.54, 1.807) is 0 Å². The van der Waals surface area contributed by atoms with E-state index >= 15 is 0 Å². The van der Waals surface area contributed by atoms with Crippen LogP contribution in [0.25, 0.3) is 42.4 Å². The van der Waals surface area contributed by atoms with Gasteiger partial charge < -0.3 is 19.6 Å². The molecule has 0 saturated heterocycles. The second kappa shape index (κ2) is 19.6. The molecule has 0 N–H and O–H groups in total. The van der Waals surface area contributed by atoms with Crippen LogP contribution in [-0.4, -0.2) is 17.8 Å². The molecule has 0 bridgehead atoms. The topological polar surface area (TPSA) is 13.0 Å². The molecule has 0 radical (unpaired) electrons. The van der Waals surface area contributed by atoms with Crippen molar-refractivity contribution in [3.05, 3.63) is 235 Å². The van der Waals surface area contributed by atoms with E-state index in [4.69, 9.17) is 0 Å². The number of para-hydroxylation sites is 1. The third kappa shape index (κ3) is 7.79. The number of hydrogen-bond donors (Lipinski definition) is 0. The fourth-order valence-electron chi connectivity index (χ4n) is 18.2. The van der Waals surface area contributed by atoms with Gasteiger partial charge in [0.15, 0.2) is 0 Å². The van der Waals surface area contributed by atoms with Gasteiger partial charge >= 0.3 is 0 Å². The molecule has 5 heterocycles. The highest BCUT2D eigenvalue weighted by Crippen LogP contribution is 2.64. The fourth-order valence-corrected chi connectivity index (χ4v) is 19.4. The van der Waals surface area contributed by atoms with Crippen LogP contribution in [0.1, 0.15) is 143 Å². The average Bonchev–Trinajstić information content (AvgIpc) is 1.04. The lowest BCUT2D eigenvalue weighted by Gasteiger charge is -2.51. The summed E-state index contributed by atoms with van der Waals surface area (Å²) in [6.07, 6.45) is 9.43. The quantitative estimate of drug-likeness (QED) is 0.154. The van der Waals surface area contributed by atoms with E-state index in [9.17, 15) is 0 Å². The molecule has 4 atom stereocenters. The Morgan fingerprint density at radius 1 is 0.378 bits per heavy atom. The first-order valence-corrected chi connectivity index (χ1v) is 34.3. The summed E-state index contributed by atoms with van der Waals surface area (Å²) in [7, 11) is 0. The molecule has 2 saturated carbocycles. The number of rotatable bonds is 6. The number of hydrogen-bond acceptors (Lipinski definition) is 5. The minimum Gasteiger partial charge on any atom is -0.334 e. The Kier molecular flexibility index (Phi) is 12.1. The van der Waals surface area contributed by atoms with E-state index < -0.39 is 0 Å². The van der Waals surface area contributed by atoms with Crippen molar-refractivity contribution >= 4 is 111 Å². The summed E-state index contributed by atoms with van der Waals surface area (Å²) in [6, 6.07) is 83.4. The molecule has 6 heteroatoms. The van der Waals surface area contributed by atoms with Crippen LogP contribution in [0.15, 0.2) is 212 Å². The molecule has 4 aliphatic heterocycles. The highest BCUT2D eigenvalue weighted by atomic mass is 32.1. The molecule has 0 spiro atoms. The first kappa shape index (κ1) is 55.7. The summed E-state index contributed by atoms with van der Waals surface area (Å²) >= 11 is 1.94. The molecule has 11 aromatic rings. The lowest BCUT2D eigenvalue weighted by molar-refractivity contribution is 0.195. The zero-order chi connectivity index (χ0) is 61.4. The number of thiophene rings is 1. The molecule has 6 aliphatic rings. The molecular formula is C84H81BN4S. The van der Waals surface area contributed by atoms with Gasteiger partial charge in [-0.15, -0.1) is 11.3 Å². The van der Waals surface area contributed by atoms with Crippen molar-refractivity contribution in [2.24, 2.45) is 0 Å². The van der Waals surface area contributed by atoms with Crippen LogP contribution in [0, 0.1) is 0 Å². The van der Waals surface area contributed by atoms with Crippen molar-refractivity contribution in [1.29, 1.82) is 0 Å². The Morgan fingerprint density at radius 3 is 1.63 bits per heavy atom. The minimum atomic E-state index is -0.181. The van der Waals surface area contributed by atoms with Crippen molar-refractivity contribution in [3.63, 3.8) is 0 Å². The zero-order valence-corrected chi connectivity index (χ0v) is 55.0. The second-order valence-electron chi connectivity index (χ2n) is 30.3. The Balaban J connectivity index is 1.00. The minimum absolute atomic E-state index is 0.0438. The van der Waals surface area contributed by atoms with Crippen molar-refractivity contribution < 1.29 is 0 Å². The van der Waals surface area contributed by atoms with Gasteiger partial charge in [0, 0.05) is 77.4 Å². The predicted octanol–water partition coefficient (Wildman–Crippen LogP) is 21.6. The van der Waals surface area contributed by atoms with Crippen LogP contribution < -0.4 is 36.0 Å². The van der Waals surface area contributed by atoms with E-state index in [0.717, 1.165) is 25.7 Å². The van der Waals surface area contributed by atoms with Crippen LogP contribution in [0.3, 0.4) is 0 Å². The average molecular weight is 1190 g/mol. The maximum Gasteiger partial charge on any atom is 0.252 e. The number of nitrogens with zero attached hydrogens (tertiary/aromatic N) is 4. The summed E-state index contributed by atoms with van der Waals surface area (Å²) in [5.74, 6) is 0. The molecule has 2 fully saturated rings. The van der Waals surface area contributed by atoms with Crippen LogP contribution in [0.5, 0.6) is 0 Å². The van der Waals surface area contributed by atoms with Gasteiger partial charge in [-0.05, 0) is 178 Å². The van der Waals surface area contributed by atoms with Gasteiger partial charge in [-0.3, -0.25) is 0 Å². The van der Waals surface area contributed by atoms with Crippen LogP contribution in [0.4, 0.5) is 56.9 Å². The second-order valence-corrected chi connectivity index (χ2v) is 31.3. The third-order valence-corrected chi connectivity index (χ3v) is 24.7. The molecule has 4 nitrogen and oxygen atoms in total. The number of benzene rings is 10. The predicted molar refractivity (Wildman–Crippen MR) is 387 cm³/mol. The maximum absolute atomic E-state index is 2.84. The van der Waals surface area contributed by atoms with E-state index in [2.05, 4.69) is 301 Å². The van der Waals surface area contributed by atoms with E-state index in [1.165, 1.54) is 164 Å². The van der Waals surface area contributed by atoms with Crippen molar-refractivity contribution in [3.8, 4) is 22.3 Å². The van der Waals surface area contributed by atoms with E-state index in [-0.39, 0.29) is 39.5 Å². The molecular weight excluding hydrogens is 1110 g/mol. The molecule has 17 rings (SSSR count). The first-order chi connectivity index (χ1) is 43.4. The smallest absolute Gasteiger partial charge is 0.252 e. The largest absolute Gasteiger partial charge is 0.334 e. The zero-order valence-electron chi connectivity index (χ0n) is 54.1. The van der Waals surface area contributed by atoms with Gasteiger partial charge in [0.25, 0.3) is 6.71 Å². The van der Waals surface area contributed by atoms with Gasteiger partial charge in [-0.1, -0.05) is 221 Å². The molecule has 10 aromatic carbocycles. The molecule has 90 heavy (non-hydrogen) atoms. The Bertz CT molecular complexity index is 4760. The van der Waals surface area contributed by atoms with Crippen molar-refractivity contribution in [2.45, 2.75) is 153 Å². The lowest BCUT2D eigenvalue weighted by Crippen LogP contribution is -2.62. The van der Waals surface area contributed by atoms with Gasteiger partial charge in [-0.2, -0.15) is 0 Å². The SMILES string of the molecule is CC(C)(C)c1ccc2c(c1)B1c3ccc(N4c5ccc(-c6ccccc6)cc5C5(C)CCCCC45C)cc3N(c3cccc4c3sc3ccccc34)c3cc(N4c5ccccc5C5(C)CCCCC45C)cc(c31)N2c1ccc(C(C)(C)C)cc1-c1ccccc1. The monoisotopic (exact) mass is 1190 g/mol. The summed E-state index contributed by atoms with van der Waals surface area (Å²) < 4.78 is 2.62. The first-order valence-electron chi connectivity index (χ1n) is 33.4. The van der Waals surface area contributed by atoms with Crippen LogP contribution in [-0.2, 0) is 21.7 Å². The van der Waals surface area contributed by atoms with Crippen molar-refractivity contribution in [2.75, 3.05) is 19.6 Å². The fraction of sp³-hybridized carbons (Fsp3) is 0.286. The molecule has 1 aromatic heterocycles. The summed E-state index contributed by atoms with van der Waals surface area (Å²) in [4.78, 5) is 11.1. The Hall–Kier alpha value is -8.32. The third-order valence-electron chi connectivity index (χ3n) is 23.5. The number of anilines is 10. The van der Waals surface area contributed by atoms with E-state index in [0.29, 0.717) is 0 Å².